The largest absolute Gasteiger partial charge is 0.497 e. The van der Waals surface area contributed by atoms with Crippen molar-refractivity contribution in [3.8, 4) is 11.8 Å². The molecule has 5 nitrogen and oxygen atoms in total. The predicted molar refractivity (Wildman–Crippen MR) is 83.1 cm³/mol. The lowest BCUT2D eigenvalue weighted by atomic mass is 9.98. The van der Waals surface area contributed by atoms with Crippen LogP contribution in [-0.2, 0) is 4.74 Å². The van der Waals surface area contributed by atoms with Crippen molar-refractivity contribution in [1.29, 1.82) is 5.26 Å². The molecule has 2 unspecified atom stereocenters. The van der Waals surface area contributed by atoms with E-state index in [1.165, 1.54) is 0 Å². The fraction of sp³-hybridized carbons (Fsp3) is 0.562. The van der Waals surface area contributed by atoms with E-state index in [0.717, 1.165) is 17.9 Å². The van der Waals surface area contributed by atoms with Gasteiger partial charge in [0.05, 0.1) is 19.8 Å². The molecule has 2 N–H and O–H groups in total. The molecule has 0 aliphatic heterocycles. The molecule has 1 aromatic carbocycles. The van der Waals surface area contributed by atoms with Crippen LogP contribution in [0.15, 0.2) is 24.3 Å². The van der Waals surface area contributed by atoms with Crippen LogP contribution in [0.3, 0.4) is 0 Å². The number of benzene rings is 1. The van der Waals surface area contributed by atoms with Gasteiger partial charge in [0.15, 0.2) is 0 Å². The Morgan fingerprint density at radius 1 is 1.24 bits per heavy atom. The number of methoxy groups -OCH3 is 2. The van der Waals surface area contributed by atoms with E-state index in [0.29, 0.717) is 19.6 Å². The van der Waals surface area contributed by atoms with Crippen LogP contribution in [0.4, 0.5) is 0 Å². The first-order chi connectivity index (χ1) is 10.1. The minimum atomic E-state index is -0.0473. The maximum absolute atomic E-state index is 8.84. The summed E-state index contributed by atoms with van der Waals surface area (Å²) in [5.74, 6) is 0.822. The Morgan fingerprint density at radius 3 is 2.38 bits per heavy atom. The van der Waals surface area contributed by atoms with Crippen LogP contribution in [-0.4, -0.2) is 44.9 Å². The lowest BCUT2D eigenvalue weighted by molar-refractivity contribution is 0.112. The Kier molecular flexibility index (Phi) is 7.76. The number of nitrogens with zero attached hydrogens (tertiary/aromatic N) is 2. The van der Waals surface area contributed by atoms with Gasteiger partial charge < -0.3 is 15.2 Å². The summed E-state index contributed by atoms with van der Waals surface area (Å²) in [5.41, 5.74) is 7.31. The second-order valence-electron chi connectivity index (χ2n) is 5.01. The average molecular weight is 291 g/mol. The SMILES string of the molecule is COCCN(CCC#N)C(c1ccc(OC)cc1)C(C)N. The Bertz CT molecular complexity index is 440. The number of rotatable bonds is 9. The first-order valence-electron chi connectivity index (χ1n) is 7.13. The van der Waals surface area contributed by atoms with Crippen molar-refractivity contribution in [2.24, 2.45) is 5.73 Å². The van der Waals surface area contributed by atoms with E-state index in [9.17, 15) is 0 Å². The third kappa shape index (κ3) is 5.35. The van der Waals surface area contributed by atoms with Crippen molar-refractivity contribution in [2.45, 2.75) is 25.4 Å². The van der Waals surface area contributed by atoms with Crippen LogP contribution < -0.4 is 10.5 Å². The molecule has 0 aliphatic rings. The van der Waals surface area contributed by atoms with Gasteiger partial charge in [0.25, 0.3) is 0 Å². The summed E-state index contributed by atoms with van der Waals surface area (Å²) < 4.78 is 10.4. The van der Waals surface area contributed by atoms with Gasteiger partial charge >= 0.3 is 0 Å². The maximum atomic E-state index is 8.84. The molecule has 5 heteroatoms. The van der Waals surface area contributed by atoms with Crippen LogP contribution in [0.2, 0.25) is 0 Å². The maximum Gasteiger partial charge on any atom is 0.118 e. The number of ether oxygens (including phenoxy) is 2. The fourth-order valence-corrected chi connectivity index (χ4v) is 2.44. The highest BCUT2D eigenvalue weighted by atomic mass is 16.5. The number of hydrogen-bond donors (Lipinski definition) is 1. The van der Waals surface area contributed by atoms with Crippen molar-refractivity contribution < 1.29 is 9.47 Å². The summed E-state index contributed by atoms with van der Waals surface area (Å²) in [7, 11) is 3.33. The van der Waals surface area contributed by atoms with Crippen molar-refractivity contribution in [3.63, 3.8) is 0 Å². The van der Waals surface area contributed by atoms with E-state index in [4.69, 9.17) is 20.5 Å². The zero-order valence-corrected chi connectivity index (χ0v) is 13.1. The molecule has 0 saturated carbocycles. The summed E-state index contributed by atoms with van der Waals surface area (Å²) in [6.45, 7) is 4.03. The van der Waals surface area contributed by atoms with Crippen LogP contribution >= 0.6 is 0 Å². The summed E-state index contributed by atoms with van der Waals surface area (Å²) in [4.78, 5) is 2.21. The van der Waals surface area contributed by atoms with Crippen molar-refractivity contribution in [2.75, 3.05) is 33.9 Å². The van der Waals surface area contributed by atoms with Gasteiger partial charge in [-0.25, -0.2) is 0 Å². The van der Waals surface area contributed by atoms with Crippen LogP contribution in [0.25, 0.3) is 0 Å². The van der Waals surface area contributed by atoms with Crippen LogP contribution in [0.5, 0.6) is 5.75 Å². The fourth-order valence-electron chi connectivity index (χ4n) is 2.44. The molecule has 1 rings (SSSR count). The smallest absolute Gasteiger partial charge is 0.118 e. The lowest BCUT2D eigenvalue weighted by Gasteiger charge is -2.34. The van der Waals surface area contributed by atoms with E-state index >= 15 is 0 Å². The van der Waals surface area contributed by atoms with E-state index in [-0.39, 0.29) is 12.1 Å². The van der Waals surface area contributed by atoms with Crippen molar-refractivity contribution in [1.82, 2.24) is 4.90 Å². The Balaban J connectivity index is 2.95. The molecule has 0 heterocycles. The van der Waals surface area contributed by atoms with Crippen LogP contribution in [0, 0.1) is 11.3 Å². The van der Waals surface area contributed by atoms with Gasteiger partial charge in [-0.05, 0) is 24.6 Å². The van der Waals surface area contributed by atoms with E-state index in [1.807, 2.05) is 31.2 Å². The van der Waals surface area contributed by atoms with Gasteiger partial charge in [0.2, 0.25) is 0 Å². The quantitative estimate of drug-likeness (QED) is 0.753. The summed E-state index contributed by atoms with van der Waals surface area (Å²) >= 11 is 0. The van der Waals surface area contributed by atoms with E-state index in [2.05, 4.69) is 11.0 Å². The molecule has 0 radical (unpaired) electrons. The zero-order valence-electron chi connectivity index (χ0n) is 13.1. The van der Waals surface area contributed by atoms with E-state index in [1.54, 1.807) is 14.2 Å². The second kappa shape index (κ2) is 9.35. The average Bonchev–Trinajstić information content (AvgIpc) is 2.50. The van der Waals surface area contributed by atoms with Crippen LogP contribution in [0.1, 0.15) is 24.9 Å². The third-order valence-corrected chi connectivity index (χ3v) is 3.44. The normalized spacial score (nSPS) is 13.7. The summed E-state index contributed by atoms with van der Waals surface area (Å²) in [5, 5.41) is 8.84. The monoisotopic (exact) mass is 291 g/mol. The first kappa shape index (κ1) is 17.4. The molecule has 0 fully saturated rings. The minimum absolute atomic E-state index is 0.0473. The minimum Gasteiger partial charge on any atom is -0.497 e. The molecule has 116 valence electrons. The molecule has 21 heavy (non-hydrogen) atoms. The van der Waals surface area contributed by atoms with Gasteiger partial charge in [0, 0.05) is 38.7 Å². The molecule has 0 amide bonds. The number of nitriles is 1. The second-order valence-corrected chi connectivity index (χ2v) is 5.01. The molecule has 0 bridgehead atoms. The summed E-state index contributed by atoms with van der Waals surface area (Å²) in [6.07, 6.45) is 0.475. The van der Waals surface area contributed by atoms with Gasteiger partial charge in [0.1, 0.15) is 5.75 Å². The molecule has 2 atom stereocenters. The Morgan fingerprint density at radius 2 is 1.90 bits per heavy atom. The standard InChI is InChI=1S/C16H25N3O2/c1-13(18)16(14-5-7-15(21-3)8-6-14)19(10-4-9-17)11-12-20-2/h5-8,13,16H,4,10-12,18H2,1-3H3. The third-order valence-electron chi connectivity index (χ3n) is 3.44. The van der Waals surface area contributed by atoms with Gasteiger partial charge in [-0.15, -0.1) is 0 Å². The molecule has 1 aromatic rings. The molecular formula is C16H25N3O2. The summed E-state index contributed by atoms with van der Waals surface area (Å²) in [6, 6.07) is 10.1. The van der Waals surface area contributed by atoms with Crippen molar-refractivity contribution in [3.05, 3.63) is 29.8 Å². The highest BCUT2D eigenvalue weighted by Crippen LogP contribution is 2.25. The highest BCUT2D eigenvalue weighted by molar-refractivity contribution is 5.30. The Hall–Kier alpha value is -1.61. The van der Waals surface area contributed by atoms with E-state index < -0.39 is 0 Å². The van der Waals surface area contributed by atoms with Gasteiger partial charge in [-0.3, -0.25) is 4.90 Å². The molecule has 0 aliphatic carbocycles. The molecular weight excluding hydrogens is 266 g/mol. The predicted octanol–water partition coefficient (Wildman–Crippen LogP) is 1.95. The molecule has 0 saturated heterocycles. The Labute approximate surface area is 127 Å². The van der Waals surface area contributed by atoms with Gasteiger partial charge in [-0.1, -0.05) is 12.1 Å². The highest BCUT2D eigenvalue weighted by Gasteiger charge is 2.23. The zero-order chi connectivity index (χ0) is 15.7. The van der Waals surface area contributed by atoms with Gasteiger partial charge in [-0.2, -0.15) is 5.26 Å². The molecule has 0 spiro atoms. The molecule has 0 aromatic heterocycles. The lowest BCUT2D eigenvalue weighted by Crippen LogP contribution is -2.41. The first-order valence-corrected chi connectivity index (χ1v) is 7.13. The van der Waals surface area contributed by atoms with Crippen molar-refractivity contribution >= 4 is 0 Å². The number of nitrogens with two attached hydrogens (primary N) is 1. The number of hydrogen-bond acceptors (Lipinski definition) is 5. The topological polar surface area (TPSA) is 71.5 Å².